The van der Waals surface area contributed by atoms with Crippen molar-refractivity contribution in [3.8, 4) is 56.3 Å². The number of fused-ring (bicyclic) bond motifs is 1. The fourth-order valence-corrected chi connectivity index (χ4v) is 4.93. The van der Waals surface area contributed by atoms with E-state index in [2.05, 4.69) is 87.7 Å². The van der Waals surface area contributed by atoms with Crippen molar-refractivity contribution in [3.63, 3.8) is 0 Å². The second kappa shape index (κ2) is 10.3. The summed E-state index contributed by atoms with van der Waals surface area (Å²) in [4.78, 5) is 23.5. The number of nitrogens with zero attached hydrogens (tertiary/aromatic N) is 5. The van der Waals surface area contributed by atoms with Crippen molar-refractivity contribution in [3.05, 3.63) is 140 Å². The highest BCUT2D eigenvalue weighted by molar-refractivity contribution is 5.96. The summed E-state index contributed by atoms with van der Waals surface area (Å²) in [5, 5.41) is 1.01. The molecule has 0 aliphatic rings. The van der Waals surface area contributed by atoms with Crippen molar-refractivity contribution in [2.24, 2.45) is 0 Å². The topological polar surface area (TPSA) is 64.5 Å². The minimum absolute atomic E-state index is 0.645. The first-order chi connectivity index (χ1) is 19.8. The third-order valence-electron chi connectivity index (χ3n) is 6.88. The number of hydrogen-bond donors (Lipinski definition) is 0. The van der Waals surface area contributed by atoms with E-state index in [-0.39, 0.29) is 0 Å². The summed E-state index contributed by atoms with van der Waals surface area (Å²) in [6, 6.07) is 39.2. The minimum atomic E-state index is 0.645. The molecule has 7 aromatic rings. The number of benzene rings is 4. The van der Waals surface area contributed by atoms with Crippen LogP contribution in [-0.4, -0.2) is 24.9 Å². The van der Waals surface area contributed by atoms with Crippen LogP contribution in [0.25, 0.3) is 67.2 Å². The zero-order valence-corrected chi connectivity index (χ0v) is 21.5. The lowest BCUT2D eigenvalue weighted by molar-refractivity contribution is 1.17. The van der Waals surface area contributed by atoms with Crippen LogP contribution < -0.4 is 0 Å². The van der Waals surface area contributed by atoms with Gasteiger partial charge in [0.15, 0.2) is 11.6 Å². The van der Waals surface area contributed by atoms with Crippen LogP contribution in [0.15, 0.2) is 140 Å². The smallest absolute Gasteiger partial charge is 0.160 e. The fraction of sp³-hybridized carbons (Fsp3) is 0. The molecule has 40 heavy (non-hydrogen) atoms. The van der Waals surface area contributed by atoms with E-state index in [9.17, 15) is 0 Å². The highest BCUT2D eigenvalue weighted by Crippen LogP contribution is 2.35. The molecule has 0 unspecified atom stereocenters. The molecule has 7 rings (SSSR count). The summed E-state index contributed by atoms with van der Waals surface area (Å²) < 4.78 is 0. The molecule has 0 spiro atoms. The zero-order chi connectivity index (χ0) is 26.7. The summed E-state index contributed by atoms with van der Waals surface area (Å²) in [6.45, 7) is 0. The van der Waals surface area contributed by atoms with Gasteiger partial charge in [-0.15, -0.1) is 0 Å². The molecule has 0 atom stereocenters. The fourth-order valence-electron chi connectivity index (χ4n) is 4.93. The lowest BCUT2D eigenvalue weighted by Gasteiger charge is -2.13. The van der Waals surface area contributed by atoms with E-state index >= 15 is 0 Å². The van der Waals surface area contributed by atoms with E-state index < -0.39 is 0 Å². The molecule has 0 amide bonds. The van der Waals surface area contributed by atoms with Gasteiger partial charge in [0.1, 0.15) is 0 Å². The van der Waals surface area contributed by atoms with E-state index in [1.165, 1.54) is 0 Å². The summed E-state index contributed by atoms with van der Waals surface area (Å²) in [7, 11) is 0. The molecule has 5 heteroatoms. The van der Waals surface area contributed by atoms with Gasteiger partial charge in [-0.2, -0.15) is 0 Å². The van der Waals surface area contributed by atoms with Gasteiger partial charge in [0, 0.05) is 46.9 Å². The molecule has 3 aromatic heterocycles. The lowest BCUT2D eigenvalue weighted by Crippen LogP contribution is -1.97. The van der Waals surface area contributed by atoms with Gasteiger partial charge in [-0.3, -0.25) is 4.98 Å². The van der Waals surface area contributed by atoms with Crippen molar-refractivity contribution in [2.75, 3.05) is 0 Å². The average Bonchev–Trinajstić information content (AvgIpc) is 3.05. The first-order valence-electron chi connectivity index (χ1n) is 13.1. The summed E-state index contributed by atoms with van der Waals surface area (Å²) in [6.07, 6.45) is 7.10. The van der Waals surface area contributed by atoms with Crippen molar-refractivity contribution in [1.29, 1.82) is 0 Å². The first kappa shape index (κ1) is 23.6. The van der Waals surface area contributed by atoms with Crippen LogP contribution in [0, 0.1) is 0 Å². The molecule has 3 heterocycles. The standard InChI is InChI=1S/C35H23N5/c1-3-8-24(9-4-1)27-12-13-32-31(23-27)33(26-10-5-2-6-11-26)40-35(39-32)30-21-28(25-14-18-36-19-15-25)20-29(22-30)34-37-16-7-17-38-34/h1-23H. The van der Waals surface area contributed by atoms with Crippen LogP contribution in [0.2, 0.25) is 0 Å². The summed E-state index contributed by atoms with van der Waals surface area (Å²) in [5.74, 6) is 1.29. The molecule has 0 saturated heterocycles. The summed E-state index contributed by atoms with van der Waals surface area (Å²) in [5.41, 5.74) is 8.96. The average molecular weight is 514 g/mol. The van der Waals surface area contributed by atoms with E-state index in [0.717, 1.165) is 55.5 Å². The van der Waals surface area contributed by atoms with Gasteiger partial charge in [-0.05, 0) is 70.8 Å². The molecular formula is C35H23N5. The van der Waals surface area contributed by atoms with Gasteiger partial charge in [0.2, 0.25) is 0 Å². The summed E-state index contributed by atoms with van der Waals surface area (Å²) >= 11 is 0. The number of hydrogen-bond acceptors (Lipinski definition) is 5. The Morgan fingerprint density at radius 1 is 0.375 bits per heavy atom. The van der Waals surface area contributed by atoms with Crippen LogP contribution in [0.4, 0.5) is 0 Å². The number of rotatable bonds is 5. The van der Waals surface area contributed by atoms with E-state index in [0.29, 0.717) is 11.6 Å². The van der Waals surface area contributed by atoms with Crippen LogP contribution in [0.5, 0.6) is 0 Å². The molecule has 0 aliphatic carbocycles. The second-order valence-electron chi connectivity index (χ2n) is 9.47. The maximum atomic E-state index is 5.18. The SMILES string of the molecule is c1ccc(-c2ccc3nc(-c4cc(-c5ccncc5)cc(-c5ncccn5)c4)nc(-c4ccccc4)c3c2)cc1. The van der Waals surface area contributed by atoms with Gasteiger partial charge in [-0.1, -0.05) is 66.7 Å². The number of pyridine rings is 1. The maximum Gasteiger partial charge on any atom is 0.160 e. The minimum Gasteiger partial charge on any atom is -0.265 e. The maximum absolute atomic E-state index is 5.18. The quantitative estimate of drug-likeness (QED) is 0.232. The molecule has 188 valence electrons. The molecule has 0 saturated carbocycles. The van der Waals surface area contributed by atoms with Crippen LogP contribution >= 0.6 is 0 Å². The Balaban J connectivity index is 1.46. The first-order valence-corrected chi connectivity index (χ1v) is 13.1. The third-order valence-corrected chi connectivity index (χ3v) is 6.88. The largest absolute Gasteiger partial charge is 0.265 e. The zero-order valence-electron chi connectivity index (χ0n) is 21.5. The molecular weight excluding hydrogens is 490 g/mol. The molecule has 0 radical (unpaired) electrons. The molecule has 0 aliphatic heterocycles. The van der Waals surface area contributed by atoms with Crippen molar-refractivity contribution < 1.29 is 0 Å². The Morgan fingerprint density at radius 3 is 1.73 bits per heavy atom. The Kier molecular flexibility index (Phi) is 6.07. The predicted octanol–water partition coefficient (Wildman–Crippen LogP) is 8.15. The van der Waals surface area contributed by atoms with Crippen LogP contribution in [0.3, 0.4) is 0 Å². The number of aromatic nitrogens is 5. The van der Waals surface area contributed by atoms with Gasteiger partial charge in [-0.25, -0.2) is 19.9 Å². The highest BCUT2D eigenvalue weighted by Gasteiger charge is 2.15. The highest BCUT2D eigenvalue weighted by atomic mass is 14.9. The second-order valence-corrected chi connectivity index (χ2v) is 9.47. The molecule has 4 aromatic carbocycles. The van der Waals surface area contributed by atoms with Crippen molar-refractivity contribution >= 4 is 10.9 Å². The van der Waals surface area contributed by atoms with Crippen LogP contribution in [-0.2, 0) is 0 Å². The molecule has 0 fully saturated rings. The van der Waals surface area contributed by atoms with E-state index in [1.807, 2.05) is 42.5 Å². The Hall–Kier alpha value is -5.55. The normalized spacial score (nSPS) is 11.0. The molecule has 0 N–H and O–H groups in total. The molecule has 0 bridgehead atoms. The predicted molar refractivity (Wildman–Crippen MR) is 160 cm³/mol. The van der Waals surface area contributed by atoms with E-state index in [1.54, 1.807) is 24.8 Å². The third kappa shape index (κ3) is 4.61. The van der Waals surface area contributed by atoms with Crippen molar-refractivity contribution in [2.45, 2.75) is 0 Å². The van der Waals surface area contributed by atoms with Gasteiger partial charge >= 0.3 is 0 Å². The van der Waals surface area contributed by atoms with Gasteiger partial charge < -0.3 is 0 Å². The van der Waals surface area contributed by atoms with Gasteiger partial charge in [0.25, 0.3) is 0 Å². The molecule has 5 nitrogen and oxygen atoms in total. The Labute approximate surface area is 231 Å². The Bertz CT molecular complexity index is 1870. The van der Waals surface area contributed by atoms with Gasteiger partial charge in [0.05, 0.1) is 11.2 Å². The van der Waals surface area contributed by atoms with Crippen LogP contribution in [0.1, 0.15) is 0 Å². The van der Waals surface area contributed by atoms with E-state index in [4.69, 9.17) is 9.97 Å². The lowest BCUT2D eigenvalue weighted by atomic mass is 9.98. The van der Waals surface area contributed by atoms with Crippen molar-refractivity contribution in [1.82, 2.24) is 24.9 Å². The monoisotopic (exact) mass is 513 g/mol. The Morgan fingerprint density at radius 2 is 1.00 bits per heavy atom.